The van der Waals surface area contributed by atoms with Gasteiger partial charge in [-0.25, -0.2) is 13.2 Å². The van der Waals surface area contributed by atoms with E-state index in [0.29, 0.717) is 45.0 Å². The van der Waals surface area contributed by atoms with Crippen LogP contribution in [-0.2, 0) is 21.3 Å². The van der Waals surface area contributed by atoms with E-state index in [4.69, 9.17) is 4.74 Å². The van der Waals surface area contributed by atoms with Crippen molar-refractivity contribution in [2.24, 2.45) is 0 Å². The largest absolute Gasteiger partial charge is 0.383 e. The first-order valence-electron chi connectivity index (χ1n) is 9.74. The van der Waals surface area contributed by atoms with Crippen molar-refractivity contribution in [2.45, 2.75) is 11.4 Å². The summed E-state index contributed by atoms with van der Waals surface area (Å²) in [5.41, 5.74) is 1.40. The number of amides is 2. The maximum Gasteiger partial charge on any atom is 0.319 e. The first-order chi connectivity index (χ1) is 14.5. The van der Waals surface area contributed by atoms with Crippen molar-refractivity contribution in [1.29, 1.82) is 0 Å². The van der Waals surface area contributed by atoms with Gasteiger partial charge in [-0.2, -0.15) is 4.31 Å². The van der Waals surface area contributed by atoms with Crippen LogP contribution in [0.3, 0.4) is 0 Å². The average Bonchev–Trinajstić information content (AvgIpc) is 2.77. The highest BCUT2D eigenvalue weighted by molar-refractivity contribution is 7.89. The molecule has 0 unspecified atom stereocenters. The van der Waals surface area contributed by atoms with Crippen LogP contribution in [0, 0.1) is 0 Å². The number of piperazine rings is 1. The van der Waals surface area contributed by atoms with Crippen LogP contribution in [0.2, 0.25) is 0 Å². The van der Waals surface area contributed by atoms with Crippen LogP contribution < -0.4 is 10.6 Å². The smallest absolute Gasteiger partial charge is 0.319 e. The Balaban J connectivity index is 1.52. The van der Waals surface area contributed by atoms with Gasteiger partial charge >= 0.3 is 6.03 Å². The highest BCUT2D eigenvalue weighted by atomic mass is 32.2. The molecule has 30 heavy (non-hydrogen) atoms. The molecule has 0 aliphatic carbocycles. The second-order valence-electron chi connectivity index (χ2n) is 6.93. The van der Waals surface area contributed by atoms with E-state index in [1.165, 1.54) is 16.4 Å². The fraction of sp³-hybridized carbons (Fsp3) is 0.400. The zero-order valence-electron chi connectivity index (χ0n) is 17.0. The molecule has 0 bridgehead atoms. The molecule has 2 aromatic rings. The number of sulfonamides is 1. The van der Waals surface area contributed by atoms with E-state index in [1.54, 1.807) is 37.7 Å². The molecule has 0 atom stereocenters. The molecule has 1 fully saturated rings. The van der Waals surface area contributed by atoms with E-state index in [1.807, 2.05) is 6.07 Å². The molecule has 2 amide bonds. The Hall–Kier alpha value is -2.53. The Bertz CT molecular complexity index is 914. The van der Waals surface area contributed by atoms with Gasteiger partial charge in [-0.1, -0.05) is 6.07 Å². The van der Waals surface area contributed by atoms with Crippen LogP contribution in [0.15, 0.2) is 53.7 Å². The molecule has 2 heterocycles. The third-order valence-electron chi connectivity index (χ3n) is 4.87. The maximum atomic E-state index is 12.9. The minimum Gasteiger partial charge on any atom is -0.383 e. The highest BCUT2D eigenvalue weighted by Gasteiger charge is 2.28. The van der Waals surface area contributed by atoms with Crippen molar-refractivity contribution in [1.82, 2.24) is 19.5 Å². The van der Waals surface area contributed by atoms with E-state index in [0.717, 1.165) is 12.1 Å². The quantitative estimate of drug-likeness (QED) is 0.651. The summed E-state index contributed by atoms with van der Waals surface area (Å²) in [6.45, 7) is 4.04. The summed E-state index contributed by atoms with van der Waals surface area (Å²) in [7, 11) is -1.90. The minimum absolute atomic E-state index is 0.217. The van der Waals surface area contributed by atoms with Gasteiger partial charge in [0.05, 0.1) is 11.5 Å². The van der Waals surface area contributed by atoms with Crippen LogP contribution >= 0.6 is 0 Å². The van der Waals surface area contributed by atoms with Gasteiger partial charge in [0.2, 0.25) is 10.0 Å². The molecule has 162 valence electrons. The average molecular weight is 434 g/mol. The fourth-order valence-electron chi connectivity index (χ4n) is 3.13. The molecule has 10 heteroatoms. The third kappa shape index (κ3) is 5.99. The number of hydrogen-bond acceptors (Lipinski definition) is 6. The molecule has 1 aliphatic heterocycles. The molecule has 9 nitrogen and oxygen atoms in total. The molecular formula is C20H27N5O4S. The van der Waals surface area contributed by atoms with E-state index < -0.39 is 10.0 Å². The number of anilines is 1. The molecule has 3 rings (SSSR count). The van der Waals surface area contributed by atoms with Gasteiger partial charge in [0, 0.05) is 64.5 Å². The predicted molar refractivity (Wildman–Crippen MR) is 114 cm³/mol. The number of hydrogen-bond donors (Lipinski definition) is 2. The van der Waals surface area contributed by atoms with Crippen molar-refractivity contribution in [3.05, 3.63) is 54.4 Å². The van der Waals surface area contributed by atoms with Crippen molar-refractivity contribution in [2.75, 3.05) is 51.8 Å². The van der Waals surface area contributed by atoms with E-state index in [9.17, 15) is 13.2 Å². The molecule has 2 N–H and O–H groups in total. The van der Waals surface area contributed by atoms with Crippen molar-refractivity contribution in [3.8, 4) is 0 Å². The number of nitrogens with one attached hydrogen (secondary N) is 2. The topological polar surface area (TPSA) is 104 Å². The number of carbonyl (C=O) groups is 1. The number of carbonyl (C=O) groups excluding carboxylic acids is 1. The van der Waals surface area contributed by atoms with Gasteiger partial charge < -0.3 is 15.4 Å². The number of ether oxygens (including phenoxy) is 1. The highest BCUT2D eigenvalue weighted by Crippen LogP contribution is 2.20. The lowest BCUT2D eigenvalue weighted by atomic mass is 10.3. The van der Waals surface area contributed by atoms with Crippen LogP contribution in [0.25, 0.3) is 0 Å². The van der Waals surface area contributed by atoms with Gasteiger partial charge in [0.1, 0.15) is 0 Å². The molecule has 0 saturated carbocycles. The number of urea groups is 1. The van der Waals surface area contributed by atoms with E-state index in [2.05, 4.69) is 20.5 Å². The van der Waals surface area contributed by atoms with Crippen LogP contribution in [-0.4, -0.2) is 75.1 Å². The Kier molecular flexibility index (Phi) is 7.75. The van der Waals surface area contributed by atoms with Gasteiger partial charge in [-0.3, -0.25) is 9.88 Å². The number of benzene rings is 1. The second-order valence-corrected chi connectivity index (χ2v) is 8.87. The van der Waals surface area contributed by atoms with E-state index in [-0.39, 0.29) is 10.9 Å². The van der Waals surface area contributed by atoms with Gasteiger partial charge in [-0.15, -0.1) is 0 Å². The number of nitrogens with zero attached hydrogens (tertiary/aromatic N) is 3. The van der Waals surface area contributed by atoms with Crippen LogP contribution in [0.4, 0.5) is 10.5 Å². The maximum absolute atomic E-state index is 12.9. The summed E-state index contributed by atoms with van der Waals surface area (Å²) in [4.78, 5) is 18.4. The molecule has 0 radical (unpaired) electrons. The van der Waals surface area contributed by atoms with Crippen molar-refractivity contribution < 1.29 is 17.9 Å². The molecular weight excluding hydrogens is 406 g/mol. The number of pyridine rings is 1. The zero-order chi connectivity index (χ0) is 21.4. The van der Waals surface area contributed by atoms with Gasteiger partial charge in [0.15, 0.2) is 0 Å². The monoisotopic (exact) mass is 433 g/mol. The number of rotatable bonds is 8. The normalized spacial score (nSPS) is 15.6. The fourth-order valence-corrected chi connectivity index (χ4v) is 4.56. The van der Waals surface area contributed by atoms with Gasteiger partial charge in [0.25, 0.3) is 0 Å². The molecule has 1 saturated heterocycles. The summed E-state index contributed by atoms with van der Waals surface area (Å²) in [5, 5.41) is 5.43. The summed E-state index contributed by atoms with van der Waals surface area (Å²) in [5.74, 6) is 0. The summed E-state index contributed by atoms with van der Waals surface area (Å²) in [6.07, 6.45) is 3.35. The van der Waals surface area contributed by atoms with Crippen molar-refractivity contribution in [3.63, 3.8) is 0 Å². The van der Waals surface area contributed by atoms with Crippen LogP contribution in [0.1, 0.15) is 5.56 Å². The molecule has 0 spiro atoms. The summed E-state index contributed by atoms with van der Waals surface area (Å²) in [6, 6.07) is 9.50. The Morgan fingerprint density at radius 2 is 1.87 bits per heavy atom. The number of methoxy groups -OCH3 is 1. The molecule has 1 aliphatic rings. The third-order valence-corrected chi connectivity index (χ3v) is 6.78. The lowest BCUT2D eigenvalue weighted by molar-refractivity contribution is 0.123. The summed E-state index contributed by atoms with van der Waals surface area (Å²) < 4.78 is 32.3. The lowest BCUT2D eigenvalue weighted by Gasteiger charge is -2.33. The number of aromatic nitrogens is 1. The predicted octanol–water partition coefficient (Wildman–Crippen LogP) is 1.36. The Morgan fingerprint density at radius 1 is 1.13 bits per heavy atom. The van der Waals surface area contributed by atoms with Crippen LogP contribution in [0.5, 0.6) is 0 Å². The Labute approximate surface area is 177 Å². The summed E-state index contributed by atoms with van der Waals surface area (Å²) >= 11 is 0. The first-order valence-corrected chi connectivity index (χ1v) is 11.2. The lowest BCUT2D eigenvalue weighted by Crippen LogP contribution is -2.49. The minimum atomic E-state index is -3.56. The Morgan fingerprint density at radius 3 is 2.50 bits per heavy atom. The SMILES string of the molecule is COCCN1CCN(S(=O)(=O)c2ccc(NC(=O)NCc3cccnc3)cc2)CC1. The zero-order valence-corrected chi connectivity index (χ0v) is 17.8. The molecule has 1 aromatic heterocycles. The van der Waals surface area contributed by atoms with Gasteiger partial charge in [-0.05, 0) is 35.9 Å². The van der Waals surface area contributed by atoms with Crippen molar-refractivity contribution >= 4 is 21.7 Å². The van der Waals surface area contributed by atoms with E-state index >= 15 is 0 Å². The standard InChI is InChI=1S/C20H27N5O4S/c1-29-14-13-24-9-11-25(12-10-24)30(27,28)19-6-4-18(5-7-19)23-20(26)22-16-17-3-2-8-21-15-17/h2-8,15H,9-14,16H2,1H3,(H2,22,23,26). The second kappa shape index (κ2) is 10.5. The molecule has 1 aromatic carbocycles. The first kappa shape index (κ1) is 22.2.